The van der Waals surface area contributed by atoms with Crippen molar-refractivity contribution in [3.8, 4) is 0 Å². The molecule has 0 aromatic heterocycles. The second-order valence-corrected chi connectivity index (χ2v) is 6.50. The van der Waals surface area contributed by atoms with Crippen molar-refractivity contribution in [1.82, 2.24) is 10.2 Å². The molecule has 0 bridgehead atoms. The average Bonchev–Trinajstić information content (AvgIpc) is 2.34. The van der Waals surface area contributed by atoms with Crippen LogP contribution in [-0.4, -0.2) is 36.0 Å². The summed E-state index contributed by atoms with van der Waals surface area (Å²) in [6.07, 6.45) is 4.58. The predicted molar refractivity (Wildman–Crippen MR) is 76.6 cm³/mol. The lowest BCUT2D eigenvalue weighted by Crippen LogP contribution is -2.49. The molecule has 3 heteroatoms. The standard InChI is InChI=1S/C15H30N2O/c1-6-12(7-2)16-13-8-10-17(11-9-13)14(18)15(3,4)5/h12-13,16H,6-11H2,1-5H3. The minimum Gasteiger partial charge on any atom is -0.342 e. The third-order valence-electron chi connectivity index (χ3n) is 3.88. The molecule has 3 nitrogen and oxygen atoms in total. The molecule has 0 aromatic rings. The fourth-order valence-electron chi connectivity index (χ4n) is 2.58. The zero-order chi connectivity index (χ0) is 13.8. The molecule has 1 amide bonds. The molecule has 1 aliphatic heterocycles. The van der Waals surface area contributed by atoms with Gasteiger partial charge in [0.15, 0.2) is 0 Å². The van der Waals surface area contributed by atoms with E-state index in [1.165, 1.54) is 12.8 Å². The van der Waals surface area contributed by atoms with Gasteiger partial charge in [-0.2, -0.15) is 0 Å². The Labute approximate surface area is 112 Å². The van der Waals surface area contributed by atoms with E-state index in [0.29, 0.717) is 18.0 Å². The minimum absolute atomic E-state index is 0.240. The number of nitrogens with zero attached hydrogens (tertiary/aromatic N) is 1. The van der Waals surface area contributed by atoms with Crippen molar-refractivity contribution in [2.45, 2.75) is 72.4 Å². The SMILES string of the molecule is CCC(CC)NC1CCN(C(=O)C(C)(C)C)CC1. The summed E-state index contributed by atoms with van der Waals surface area (Å²) >= 11 is 0. The molecular weight excluding hydrogens is 224 g/mol. The van der Waals surface area contributed by atoms with Gasteiger partial charge in [-0.3, -0.25) is 4.79 Å². The van der Waals surface area contributed by atoms with Crippen molar-refractivity contribution in [3.05, 3.63) is 0 Å². The molecule has 1 N–H and O–H groups in total. The van der Waals surface area contributed by atoms with Crippen molar-refractivity contribution in [2.24, 2.45) is 5.41 Å². The molecule has 0 spiro atoms. The van der Waals surface area contributed by atoms with Gasteiger partial charge in [-0.15, -0.1) is 0 Å². The Morgan fingerprint density at radius 2 is 1.72 bits per heavy atom. The van der Waals surface area contributed by atoms with Gasteiger partial charge in [0.25, 0.3) is 0 Å². The molecule has 1 saturated heterocycles. The smallest absolute Gasteiger partial charge is 0.227 e. The third kappa shape index (κ3) is 4.27. The maximum Gasteiger partial charge on any atom is 0.227 e. The second-order valence-electron chi connectivity index (χ2n) is 6.50. The van der Waals surface area contributed by atoms with Gasteiger partial charge in [0.1, 0.15) is 0 Å². The van der Waals surface area contributed by atoms with Crippen molar-refractivity contribution >= 4 is 5.91 Å². The van der Waals surface area contributed by atoms with Crippen molar-refractivity contribution in [3.63, 3.8) is 0 Å². The van der Waals surface area contributed by atoms with Crippen LogP contribution in [0.15, 0.2) is 0 Å². The Hall–Kier alpha value is -0.570. The van der Waals surface area contributed by atoms with Gasteiger partial charge in [-0.25, -0.2) is 0 Å². The van der Waals surface area contributed by atoms with Crippen LogP contribution in [0.25, 0.3) is 0 Å². The van der Waals surface area contributed by atoms with Crippen LogP contribution < -0.4 is 5.32 Å². The van der Waals surface area contributed by atoms with Crippen LogP contribution in [-0.2, 0) is 4.79 Å². The highest BCUT2D eigenvalue weighted by molar-refractivity contribution is 5.81. The van der Waals surface area contributed by atoms with Gasteiger partial charge in [0, 0.05) is 30.6 Å². The van der Waals surface area contributed by atoms with Gasteiger partial charge in [0.2, 0.25) is 5.91 Å². The maximum atomic E-state index is 12.2. The minimum atomic E-state index is -0.240. The molecule has 0 radical (unpaired) electrons. The maximum absolute atomic E-state index is 12.2. The Morgan fingerprint density at radius 3 is 2.11 bits per heavy atom. The number of carbonyl (C=O) groups excluding carboxylic acids is 1. The number of nitrogens with one attached hydrogen (secondary N) is 1. The molecule has 0 atom stereocenters. The summed E-state index contributed by atoms with van der Waals surface area (Å²) in [4.78, 5) is 14.2. The van der Waals surface area contributed by atoms with Crippen LogP contribution in [0.3, 0.4) is 0 Å². The van der Waals surface area contributed by atoms with Crippen molar-refractivity contribution < 1.29 is 4.79 Å². The monoisotopic (exact) mass is 254 g/mol. The van der Waals surface area contributed by atoms with Gasteiger partial charge >= 0.3 is 0 Å². The highest BCUT2D eigenvalue weighted by atomic mass is 16.2. The lowest BCUT2D eigenvalue weighted by atomic mass is 9.92. The van der Waals surface area contributed by atoms with Gasteiger partial charge < -0.3 is 10.2 Å². The van der Waals surface area contributed by atoms with Crippen LogP contribution >= 0.6 is 0 Å². The first-order valence-corrected chi connectivity index (χ1v) is 7.43. The van der Waals surface area contributed by atoms with E-state index in [-0.39, 0.29) is 5.41 Å². The molecule has 0 aliphatic carbocycles. The number of hydrogen-bond donors (Lipinski definition) is 1. The average molecular weight is 254 g/mol. The highest BCUT2D eigenvalue weighted by Crippen LogP contribution is 2.21. The molecule has 1 fully saturated rings. The summed E-state index contributed by atoms with van der Waals surface area (Å²) in [7, 11) is 0. The zero-order valence-electron chi connectivity index (χ0n) is 12.8. The van der Waals surface area contributed by atoms with E-state index in [1.54, 1.807) is 0 Å². The number of hydrogen-bond acceptors (Lipinski definition) is 2. The molecular formula is C15H30N2O. The summed E-state index contributed by atoms with van der Waals surface area (Å²) in [6.45, 7) is 12.3. The van der Waals surface area contributed by atoms with E-state index >= 15 is 0 Å². The normalized spacial score (nSPS) is 18.4. The summed E-state index contributed by atoms with van der Waals surface area (Å²) in [5.41, 5.74) is -0.240. The molecule has 1 aliphatic rings. The van der Waals surface area contributed by atoms with Crippen LogP contribution in [0.5, 0.6) is 0 Å². The van der Waals surface area contributed by atoms with Crippen LogP contribution in [0.4, 0.5) is 0 Å². The summed E-state index contributed by atoms with van der Waals surface area (Å²) < 4.78 is 0. The number of likely N-dealkylation sites (tertiary alicyclic amines) is 1. The Morgan fingerprint density at radius 1 is 1.22 bits per heavy atom. The summed E-state index contributed by atoms with van der Waals surface area (Å²) in [5, 5.41) is 3.72. The Balaban J connectivity index is 2.39. The van der Waals surface area contributed by atoms with Gasteiger partial charge in [-0.05, 0) is 25.7 Å². The fourth-order valence-corrected chi connectivity index (χ4v) is 2.58. The molecule has 18 heavy (non-hydrogen) atoms. The first kappa shape index (κ1) is 15.5. The van der Waals surface area contributed by atoms with E-state index < -0.39 is 0 Å². The summed E-state index contributed by atoms with van der Waals surface area (Å²) in [5.74, 6) is 0.295. The molecule has 0 unspecified atom stereocenters. The topological polar surface area (TPSA) is 32.3 Å². The van der Waals surface area contributed by atoms with E-state index in [9.17, 15) is 4.79 Å². The third-order valence-corrected chi connectivity index (χ3v) is 3.88. The van der Waals surface area contributed by atoms with Crippen LogP contribution in [0, 0.1) is 5.41 Å². The predicted octanol–water partition coefficient (Wildman–Crippen LogP) is 2.80. The van der Waals surface area contributed by atoms with Gasteiger partial charge in [-0.1, -0.05) is 34.6 Å². The first-order chi connectivity index (χ1) is 8.38. The largest absolute Gasteiger partial charge is 0.342 e. The van der Waals surface area contributed by atoms with Gasteiger partial charge in [0.05, 0.1) is 0 Å². The van der Waals surface area contributed by atoms with Crippen LogP contribution in [0.1, 0.15) is 60.3 Å². The Kier molecular flexibility index (Phi) is 5.64. The molecule has 0 aromatic carbocycles. The number of rotatable bonds is 4. The van der Waals surface area contributed by atoms with Crippen molar-refractivity contribution in [2.75, 3.05) is 13.1 Å². The summed E-state index contributed by atoms with van der Waals surface area (Å²) in [6, 6.07) is 1.23. The Bertz CT molecular complexity index is 258. The van der Waals surface area contributed by atoms with Crippen molar-refractivity contribution in [1.29, 1.82) is 0 Å². The number of piperidine rings is 1. The lowest BCUT2D eigenvalue weighted by Gasteiger charge is -2.37. The van der Waals surface area contributed by atoms with Crippen LogP contribution in [0.2, 0.25) is 0 Å². The number of carbonyl (C=O) groups is 1. The fraction of sp³-hybridized carbons (Fsp3) is 0.933. The number of amides is 1. The van der Waals surface area contributed by atoms with E-state index in [2.05, 4.69) is 19.2 Å². The quantitative estimate of drug-likeness (QED) is 0.836. The van der Waals surface area contributed by atoms with E-state index in [0.717, 1.165) is 25.9 Å². The van der Waals surface area contributed by atoms with E-state index in [4.69, 9.17) is 0 Å². The molecule has 1 rings (SSSR count). The molecule has 1 heterocycles. The van der Waals surface area contributed by atoms with E-state index in [1.807, 2.05) is 25.7 Å². The zero-order valence-corrected chi connectivity index (χ0v) is 12.8. The lowest BCUT2D eigenvalue weighted by molar-refractivity contribution is -0.140. The highest BCUT2D eigenvalue weighted by Gasteiger charge is 2.30. The second kappa shape index (κ2) is 6.55. The first-order valence-electron chi connectivity index (χ1n) is 7.43. The molecule has 0 saturated carbocycles. The molecule has 106 valence electrons.